The first-order valence-electron chi connectivity index (χ1n) is 7.01. The molecule has 0 radical (unpaired) electrons. The van der Waals surface area contributed by atoms with Crippen molar-refractivity contribution in [1.29, 1.82) is 0 Å². The summed E-state index contributed by atoms with van der Waals surface area (Å²) in [6.07, 6.45) is 0.731. The van der Waals surface area contributed by atoms with E-state index in [-0.39, 0.29) is 5.78 Å². The van der Waals surface area contributed by atoms with Crippen LogP contribution in [0.3, 0.4) is 0 Å². The van der Waals surface area contributed by atoms with Gasteiger partial charge in [-0.3, -0.25) is 4.79 Å². The fourth-order valence-corrected chi connectivity index (χ4v) is 2.35. The first-order chi connectivity index (χ1) is 9.80. The van der Waals surface area contributed by atoms with E-state index in [4.69, 9.17) is 9.47 Å². The molecule has 0 aliphatic heterocycles. The molecule has 1 atom stereocenters. The normalized spacial score (nSPS) is 17.9. The molecule has 114 valence electrons. The van der Waals surface area contributed by atoms with Crippen LogP contribution in [0.15, 0.2) is 18.2 Å². The Morgan fingerprint density at radius 1 is 1.33 bits per heavy atom. The lowest BCUT2D eigenvalue weighted by atomic mass is 9.87. The van der Waals surface area contributed by atoms with Gasteiger partial charge in [0.05, 0.1) is 13.2 Å². The predicted octanol–water partition coefficient (Wildman–Crippen LogP) is 2.72. The molecule has 0 bridgehead atoms. The fraction of sp³-hybridized carbons (Fsp3) is 0.500. The average Bonchev–Trinajstić information content (AvgIpc) is 2.39. The van der Waals surface area contributed by atoms with Crippen molar-refractivity contribution in [3.63, 3.8) is 0 Å². The van der Waals surface area contributed by atoms with Crippen LogP contribution in [0.1, 0.15) is 43.1 Å². The SMILES string of the molecule is COc1ccc2c(c1)CCC(NC(=O)OC(C)(C)C)C2=O. The van der Waals surface area contributed by atoms with Crippen LogP contribution >= 0.6 is 0 Å². The quantitative estimate of drug-likeness (QED) is 0.910. The van der Waals surface area contributed by atoms with Crippen molar-refractivity contribution in [1.82, 2.24) is 5.32 Å². The minimum atomic E-state index is -0.576. The Labute approximate surface area is 124 Å². The highest BCUT2D eigenvalue weighted by molar-refractivity contribution is 6.03. The number of methoxy groups -OCH3 is 1. The zero-order valence-electron chi connectivity index (χ0n) is 12.9. The van der Waals surface area contributed by atoms with Crippen LogP contribution in [0, 0.1) is 0 Å². The molecular weight excluding hydrogens is 270 g/mol. The standard InChI is InChI=1S/C16H21NO4/c1-16(2,3)21-15(19)17-13-8-5-10-9-11(20-4)6-7-12(10)14(13)18/h6-7,9,13H,5,8H2,1-4H3,(H,17,19). The molecule has 0 aromatic heterocycles. The highest BCUT2D eigenvalue weighted by Crippen LogP contribution is 2.25. The maximum Gasteiger partial charge on any atom is 0.408 e. The van der Waals surface area contributed by atoms with Crippen molar-refractivity contribution in [3.8, 4) is 5.75 Å². The highest BCUT2D eigenvalue weighted by Gasteiger charge is 2.30. The third-order valence-corrected chi connectivity index (χ3v) is 3.29. The zero-order chi connectivity index (χ0) is 15.6. The number of ether oxygens (including phenoxy) is 2. The molecule has 0 fully saturated rings. The van der Waals surface area contributed by atoms with Crippen LogP contribution in [0.4, 0.5) is 4.79 Å². The van der Waals surface area contributed by atoms with Gasteiger partial charge < -0.3 is 14.8 Å². The van der Waals surface area contributed by atoms with E-state index in [1.807, 2.05) is 6.07 Å². The predicted molar refractivity (Wildman–Crippen MR) is 78.8 cm³/mol. The summed E-state index contributed by atoms with van der Waals surface area (Å²) in [5.74, 6) is 0.657. The number of Topliss-reactive ketones (excluding diaryl/α,β-unsaturated/α-hetero) is 1. The van der Waals surface area contributed by atoms with Crippen LogP contribution in [0.5, 0.6) is 5.75 Å². The Morgan fingerprint density at radius 2 is 2.05 bits per heavy atom. The number of aryl methyl sites for hydroxylation is 1. The number of alkyl carbamates (subject to hydrolysis) is 1. The van der Waals surface area contributed by atoms with E-state index in [9.17, 15) is 9.59 Å². The lowest BCUT2D eigenvalue weighted by Crippen LogP contribution is -2.45. The van der Waals surface area contributed by atoms with Crippen molar-refractivity contribution < 1.29 is 19.1 Å². The number of carbonyl (C=O) groups is 2. The summed E-state index contributed by atoms with van der Waals surface area (Å²) in [5.41, 5.74) is 1.03. The highest BCUT2D eigenvalue weighted by atomic mass is 16.6. The van der Waals surface area contributed by atoms with Crippen molar-refractivity contribution >= 4 is 11.9 Å². The van der Waals surface area contributed by atoms with Gasteiger partial charge in [-0.2, -0.15) is 0 Å². The molecule has 0 saturated carbocycles. The fourth-order valence-electron chi connectivity index (χ4n) is 2.35. The van der Waals surface area contributed by atoms with E-state index in [1.165, 1.54) is 0 Å². The molecule has 1 aliphatic carbocycles. The molecule has 1 aromatic rings. The Balaban J connectivity index is 2.08. The van der Waals surface area contributed by atoms with Gasteiger partial charge in [0, 0.05) is 5.56 Å². The van der Waals surface area contributed by atoms with Gasteiger partial charge in [-0.25, -0.2) is 4.79 Å². The number of benzene rings is 1. The third kappa shape index (κ3) is 3.74. The first kappa shape index (κ1) is 15.4. The molecule has 1 amide bonds. The van der Waals surface area contributed by atoms with Gasteiger partial charge in [-0.05, 0) is 57.4 Å². The van der Waals surface area contributed by atoms with Crippen molar-refractivity contribution in [2.24, 2.45) is 0 Å². The van der Waals surface area contributed by atoms with Gasteiger partial charge >= 0.3 is 6.09 Å². The van der Waals surface area contributed by atoms with Crippen LogP contribution in [-0.2, 0) is 11.2 Å². The first-order valence-corrected chi connectivity index (χ1v) is 7.01. The van der Waals surface area contributed by atoms with E-state index < -0.39 is 17.7 Å². The number of hydrogen-bond acceptors (Lipinski definition) is 4. The molecule has 5 heteroatoms. The van der Waals surface area contributed by atoms with Gasteiger partial charge in [0.15, 0.2) is 5.78 Å². The smallest absolute Gasteiger partial charge is 0.408 e. The van der Waals surface area contributed by atoms with E-state index in [2.05, 4.69) is 5.32 Å². The summed E-state index contributed by atoms with van der Waals surface area (Å²) in [6, 6.07) is 4.85. The molecule has 1 N–H and O–H groups in total. The number of amides is 1. The molecule has 0 spiro atoms. The van der Waals surface area contributed by atoms with Gasteiger partial charge in [0.2, 0.25) is 0 Å². The van der Waals surface area contributed by atoms with E-state index >= 15 is 0 Å². The second-order valence-electron chi connectivity index (χ2n) is 6.12. The monoisotopic (exact) mass is 291 g/mol. The topological polar surface area (TPSA) is 64.6 Å². The van der Waals surface area contributed by atoms with Gasteiger partial charge in [0.25, 0.3) is 0 Å². The Morgan fingerprint density at radius 3 is 2.67 bits per heavy atom. The number of hydrogen-bond donors (Lipinski definition) is 1. The minimum Gasteiger partial charge on any atom is -0.497 e. The third-order valence-electron chi connectivity index (χ3n) is 3.29. The summed E-state index contributed by atoms with van der Waals surface area (Å²) >= 11 is 0. The second kappa shape index (κ2) is 5.76. The largest absolute Gasteiger partial charge is 0.497 e. The number of carbonyl (C=O) groups excluding carboxylic acids is 2. The van der Waals surface area contributed by atoms with E-state index in [1.54, 1.807) is 40.0 Å². The molecule has 1 unspecified atom stereocenters. The lowest BCUT2D eigenvalue weighted by Gasteiger charge is -2.26. The summed E-state index contributed by atoms with van der Waals surface area (Å²) in [4.78, 5) is 24.2. The summed E-state index contributed by atoms with van der Waals surface area (Å²) in [5, 5.41) is 2.65. The van der Waals surface area contributed by atoms with E-state index in [0.29, 0.717) is 12.0 Å². The van der Waals surface area contributed by atoms with Gasteiger partial charge in [0.1, 0.15) is 11.4 Å². The van der Waals surface area contributed by atoms with Crippen LogP contribution in [0.25, 0.3) is 0 Å². The molecular formula is C16H21NO4. The number of nitrogens with one attached hydrogen (secondary N) is 1. The van der Waals surface area contributed by atoms with Crippen molar-refractivity contribution in [2.75, 3.05) is 7.11 Å². The van der Waals surface area contributed by atoms with Crippen LogP contribution < -0.4 is 10.1 Å². The zero-order valence-corrected chi connectivity index (χ0v) is 12.9. The number of rotatable bonds is 2. The lowest BCUT2D eigenvalue weighted by molar-refractivity contribution is 0.0486. The molecule has 21 heavy (non-hydrogen) atoms. The Bertz CT molecular complexity index is 560. The average molecular weight is 291 g/mol. The molecule has 0 saturated heterocycles. The molecule has 1 aromatic carbocycles. The van der Waals surface area contributed by atoms with Gasteiger partial charge in [-0.15, -0.1) is 0 Å². The Kier molecular flexibility index (Phi) is 4.21. The second-order valence-corrected chi connectivity index (χ2v) is 6.12. The molecule has 0 heterocycles. The summed E-state index contributed by atoms with van der Waals surface area (Å²) in [7, 11) is 1.60. The van der Waals surface area contributed by atoms with Crippen LogP contribution in [0.2, 0.25) is 0 Å². The minimum absolute atomic E-state index is 0.0789. The van der Waals surface area contributed by atoms with Gasteiger partial charge in [-0.1, -0.05) is 0 Å². The molecule has 5 nitrogen and oxygen atoms in total. The van der Waals surface area contributed by atoms with Crippen LogP contribution in [-0.4, -0.2) is 30.6 Å². The number of ketones is 1. The number of fused-ring (bicyclic) bond motifs is 1. The van der Waals surface area contributed by atoms with Crippen molar-refractivity contribution in [2.45, 2.75) is 45.3 Å². The molecule has 1 aliphatic rings. The maximum absolute atomic E-state index is 12.4. The maximum atomic E-state index is 12.4. The summed E-state index contributed by atoms with van der Waals surface area (Å²) < 4.78 is 10.4. The summed E-state index contributed by atoms with van der Waals surface area (Å²) in [6.45, 7) is 5.37. The molecule has 2 rings (SSSR count). The van der Waals surface area contributed by atoms with Crippen molar-refractivity contribution in [3.05, 3.63) is 29.3 Å². The van der Waals surface area contributed by atoms with E-state index in [0.717, 1.165) is 17.7 Å². The Hall–Kier alpha value is -2.04.